The highest BCUT2D eigenvalue weighted by Crippen LogP contribution is 2.25. The third kappa shape index (κ3) is 8.84. The van der Waals surface area contributed by atoms with Crippen LogP contribution < -0.4 is 9.47 Å². The van der Waals surface area contributed by atoms with Crippen molar-refractivity contribution < 1.29 is 28.5 Å². The van der Waals surface area contributed by atoms with E-state index in [-0.39, 0.29) is 11.9 Å². The van der Waals surface area contributed by atoms with Gasteiger partial charge in [0.2, 0.25) is 0 Å². The zero-order chi connectivity index (χ0) is 23.3. The lowest BCUT2D eigenvalue weighted by atomic mass is 10.1. The van der Waals surface area contributed by atoms with Crippen molar-refractivity contribution in [2.75, 3.05) is 26.4 Å². The van der Waals surface area contributed by atoms with Crippen molar-refractivity contribution in [2.45, 2.75) is 39.5 Å². The number of benzene rings is 2. The number of ether oxygens (including phenoxy) is 4. The van der Waals surface area contributed by atoms with Gasteiger partial charge in [0, 0.05) is 11.1 Å². The second-order valence-electron chi connectivity index (χ2n) is 7.61. The number of hydrogen-bond donors (Lipinski definition) is 0. The van der Waals surface area contributed by atoms with Crippen LogP contribution in [0.4, 0.5) is 0 Å². The quantitative estimate of drug-likeness (QED) is 0.223. The number of hydrogen-bond acceptors (Lipinski definition) is 6. The van der Waals surface area contributed by atoms with Gasteiger partial charge in [-0.1, -0.05) is 25.3 Å². The lowest BCUT2D eigenvalue weighted by Crippen LogP contribution is -2.07. The molecule has 0 bridgehead atoms. The Morgan fingerprint density at radius 3 is 1.41 bits per heavy atom. The summed E-state index contributed by atoms with van der Waals surface area (Å²) in [6.45, 7) is 12.2. The van der Waals surface area contributed by atoms with Crippen LogP contribution in [0.3, 0.4) is 0 Å². The van der Waals surface area contributed by atoms with Crippen LogP contribution >= 0.6 is 0 Å². The Bertz CT molecular complexity index is 869. The van der Waals surface area contributed by atoms with Gasteiger partial charge in [-0.2, -0.15) is 0 Å². The van der Waals surface area contributed by atoms with E-state index in [1.807, 2.05) is 36.4 Å². The topological polar surface area (TPSA) is 71.1 Å². The van der Waals surface area contributed by atoms with Gasteiger partial charge in [0.05, 0.1) is 26.4 Å². The van der Waals surface area contributed by atoms with Crippen LogP contribution in [0.5, 0.6) is 11.5 Å². The van der Waals surface area contributed by atoms with E-state index in [2.05, 4.69) is 13.2 Å². The molecule has 0 aromatic heterocycles. The van der Waals surface area contributed by atoms with Gasteiger partial charge in [0.25, 0.3) is 0 Å². The molecule has 172 valence electrons. The summed E-state index contributed by atoms with van der Waals surface area (Å²) in [5.74, 6) is 0.893. The second kappa shape index (κ2) is 13.2. The molecule has 0 fully saturated rings. The summed E-state index contributed by atoms with van der Waals surface area (Å²) in [7, 11) is 0. The SMILES string of the molecule is C=C(C)C(=O)OCCCCOc1ccc2cc(OCCCCOC(=O)C(=C)C)ccc2c1. The summed E-state index contributed by atoms with van der Waals surface area (Å²) in [6.07, 6.45) is 3.06. The first-order valence-corrected chi connectivity index (χ1v) is 10.8. The van der Waals surface area contributed by atoms with Crippen LogP contribution in [0.1, 0.15) is 39.5 Å². The molecule has 6 nitrogen and oxygen atoms in total. The zero-order valence-corrected chi connectivity index (χ0v) is 19.0. The van der Waals surface area contributed by atoms with E-state index in [0.717, 1.165) is 48.0 Å². The summed E-state index contributed by atoms with van der Waals surface area (Å²) in [6, 6.07) is 11.9. The third-order valence-corrected chi connectivity index (χ3v) is 4.56. The number of fused-ring (bicyclic) bond motifs is 1. The molecular formula is C26H32O6. The predicted molar refractivity (Wildman–Crippen MR) is 125 cm³/mol. The maximum Gasteiger partial charge on any atom is 0.333 e. The fraction of sp³-hybridized carbons (Fsp3) is 0.385. The minimum absolute atomic E-state index is 0.354. The average Bonchev–Trinajstić information content (AvgIpc) is 2.77. The first kappa shape index (κ1) is 25.0. The molecular weight excluding hydrogens is 408 g/mol. The fourth-order valence-electron chi connectivity index (χ4n) is 2.75. The lowest BCUT2D eigenvalue weighted by molar-refractivity contribution is -0.139. The van der Waals surface area contributed by atoms with Crippen LogP contribution in [0.15, 0.2) is 60.7 Å². The van der Waals surface area contributed by atoms with Gasteiger partial charge in [0.1, 0.15) is 11.5 Å². The van der Waals surface area contributed by atoms with Gasteiger partial charge >= 0.3 is 11.9 Å². The van der Waals surface area contributed by atoms with E-state index in [0.29, 0.717) is 37.6 Å². The zero-order valence-electron chi connectivity index (χ0n) is 19.0. The number of carbonyl (C=O) groups is 2. The third-order valence-electron chi connectivity index (χ3n) is 4.56. The van der Waals surface area contributed by atoms with E-state index in [4.69, 9.17) is 18.9 Å². The molecule has 6 heteroatoms. The molecule has 0 amide bonds. The predicted octanol–water partition coefficient (Wildman–Crippen LogP) is 5.40. The number of esters is 2. The molecule has 0 radical (unpaired) electrons. The van der Waals surface area contributed by atoms with Gasteiger partial charge < -0.3 is 18.9 Å². The van der Waals surface area contributed by atoms with Crippen molar-refractivity contribution >= 4 is 22.7 Å². The standard InChI is InChI=1S/C26H32O6/c1-19(2)25(27)31-15-7-5-13-29-23-11-9-22-18-24(12-10-21(22)17-23)30-14-6-8-16-32-26(28)20(3)4/h9-12,17-18H,1,3,5-8,13-16H2,2,4H3. The maximum atomic E-state index is 11.3. The Kier molecular flexibility index (Phi) is 10.3. The van der Waals surface area contributed by atoms with E-state index in [1.54, 1.807) is 13.8 Å². The molecule has 0 atom stereocenters. The molecule has 0 saturated carbocycles. The van der Waals surface area contributed by atoms with Gasteiger partial charge in [-0.3, -0.25) is 0 Å². The molecule has 0 spiro atoms. The largest absolute Gasteiger partial charge is 0.494 e. The summed E-state index contributed by atoms with van der Waals surface area (Å²) in [5, 5.41) is 2.13. The summed E-state index contributed by atoms with van der Waals surface area (Å²) in [4.78, 5) is 22.6. The average molecular weight is 441 g/mol. The Balaban J connectivity index is 1.69. The van der Waals surface area contributed by atoms with E-state index >= 15 is 0 Å². The van der Waals surface area contributed by atoms with Crippen LogP contribution in [-0.4, -0.2) is 38.4 Å². The van der Waals surface area contributed by atoms with Gasteiger partial charge in [-0.15, -0.1) is 0 Å². The first-order valence-electron chi connectivity index (χ1n) is 10.8. The van der Waals surface area contributed by atoms with Gasteiger partial charge in [-0.05, 0) is 74.6 Å². The Labute approximate surface area is 189 Å². The number of carbonyl (C=O) groups excluding carboxylic acids is 2. The second-order valence-corrected chi connectivity index (χ2v) is 7.61. The Morgan fingerprint density at radius 2 is 1.03 bits per heavy atom. The van der Waals surface area contributed by atoms with Crippen molar-refractivity contribution in [1.82, 2.24) is 0 Å². The van der Waals surface area contributed by atoms with Crippen molar-refractivity contribution in [1.29, 1.82) is 0 Å². The molecule has 0 unspecified atom stereocenters. The first-order chi connectivity index (χ1) is 15.4. The molecule has 0 saturated heterocycles. The fourth-order valence-corrected chi connectivity index (χ4v) is 2.75. The minimum atomic E-state index is -0.354. The Hall–Kier alpha value is -3.28. The molecule has 32 heavy (non-hydrogen) atoms. The van der Waals surface area contributed by atoms with Crippen LogP contribution in [-0.2, 0) is 19.1 Å². The normalized spacial score (nSPS) is 10.4. The minimum Gasteiger partial charge on any atom is -0.494 e. The molecule has 2 aromatic rings. The molecule has 2 aromatic carbocycles. The smallest absolute Gasteiger partial charge is 0.333 e. The highest BCUT2D eigenvalue weighted by Gasteiger charge is 2.04. The van der Waals surface area contributed by atoms with E-state index < -0.39 is 0 Å². The van der Waals surface area contributed by atoms with Crippen molar-refractivity contribution in [3.63, 3.8) is 0 Å². The highest BCUT2D eigenvalue weighted by molar-refractivity contribution is 5.87. The van der Waals surface area contributed by atoms with Gasteiger partial charge in [-0.25, -0.2) is 9.59 Å². The van der Waals surface area contributed by atoms with E-state index in [1.165, 1.54) is 0 Å². The van der Waals surface area contributed by atoms with Crippen molar-refractivity contribution in [3.8, 4) is 11.5 Å². The molecule has 0 heterocycles. The van der Waals surface area contributed by atoms with Gasteiger partial charge in [0.15, 0.2) is 0 Å². The van der Waals surface area contributed by atoms with Crippen molar-refractivity contribution in [2.24, 2.45) is 0 Å². The maximum absolute atomic E-state index is 11.3. The van der Waals surface area contributed by atoms with Crippen LogP contribution in [0.2, 0.25) is 0 Å². The number of unbranched alkanes of at least 4 members (excludes halogenated alkanes) is 2. The lowest BCUT2D eigenvalue weighted by Gasteiger charge is -2.10. The molecule has 2 rings (SSSR count). The summed E-state index contributed by atoms with van der Waals surface area (Å²) < 4.78 is 21.7. The number of rotatable bonds is 14. The summed E-state index contributed by atoms with van der Waals surface area (Å²) in [5.41, 5.74) is 0.820. The van der Waals surface area contributed by atoms with Crippen molar-refractivity contribution in [3.05, 3.63) is 60.7 Å². The van der Waals surface area contributed by atoms with Crippen LogP contribution in [0, 0.1) is 0 Å². The molecule has 0 aliphatic rings. The monoisotopic (exact) mass is 440 g/mol. The van der Waals surface area contributed by atoms with Crippen LogP contribution in [0.25, 0.3) is 10.8 Å². The molecule has 0 N–H and O–H groups in total. The Morgan fingerprint density at radius 1 is 0.656 bits per heavy atom. The summed E-state index contributed by atoms with van der Waals surface area (Å²) >= 11 is 0. The molecule has 0 aliphatic carbocycles. The van der Waals surface area contributed by atoms with E-state index in [9.17, 15) is 9.59 Å². The highest BCUT2D eigenvalue weighted by atomic mass is 16.5. The molecule has 0 aliphatic heterocycles.